The van der Waals surface area contributed by atoms with Crippen molar-refractivity contribution in [2.75, 3.05) is 0 Å². The van der Waals surface area contributed by atoms with Crippen LogP contribution in [0.3, 0.4) is 0 Å². The van der Waals surface area contributed by atoms with Gasteiger partial charge >= 0.3 is 0 Å². The van der Waals surface area contributed by atoms with Crippen LogP contribution < -0.4 is 10.4 Å². The lowest BCUT2D eigenvalue weighted by Gasteiger charge is -2.20. The van der Waals surface area contributed by atoms with Crippen LogP contribution in [0.1, 0.15) is 0 Å². The molecule has 0 radical (unpaired) electrons. The Bertz CT molecular complexity index is 2860. The lowest BCUT2D eigenvalue weighted by molar-refractivity contribution is 1.08. The van der Waals surface area contributed by atoms with Crippen LogP contribution in [-0.4, -0.2) is 23.0 Å². The third-order valence-corrected chi connectivity index (χ3v) is 14.4. The first kappa shape index (κ1) is 31.3. The van der Waals surface area contributed by atoms with Gasteiger partial charge in [-0.2, -0.15) is 0 Å². The van der Waals surface area contributed by atoms with Crippen LogP contribution in [0.25, 0.3) is 89.1 Å². The van der Waals surface area contributed by atoms with E-state index in [1.165, 1.54) is 48.8 Å². The van der Waals surface area contributed by atoms with Crippen molar-refractivity contribution in [1.29, 1.82) is 0 Å². The van der Waals surface area contributed by atoms with Crippen molar-refractivity contribution in [2.24, 2.45) is 0 Å². The minimum atomic E-state index is -2.00. The van der Waals surface area contributed by atoms with Crippen molar-refractivity contribution in [1.82, 2.24) is 15.0 Å². The third kappa shape index (κ3) is 5.38. The Hall–Kier alpha value is -6.49. The van der Waals surface area contributed by atoms with E-state index in [0.717, 1.165) is 33.2 Å². The highest BCUT2D eigenvalue weighted by molar-refractivity contribution is 7.04. The molecule has 1 aliphatic rings. The first-order valence-electron chi connectivity index (χ1n) is 18.2. The molecule has 0 bridgehead atoms. The van der Waals surface area contributed by atoms with E-state index in [2.05, 4.69) is 183 Å². The zero-order chi connectivity index (χ0) is 35.5. The Morgan fingerprint density at radius 2 is 0.792 bits per heavy atom. The molecule has 0 unspecified atom stereocenters. The van der Waals surface area contributed by atoms with Crippen molar-refractivity contribution in [3.63, 3.8) is 0 Å². The van der Waals surface area contributed by atoms with E-state index in [1.807, 2.05) is 6.07 Å². The van der Waals surface area contributed by atoms with Crippen molar-refractivity contribution < 1.29 is 0 Å². The maximum absolute atomic E-state index is 5.25. The smallest absolute Gasteiger partial charge is 0.164 e. The molecule has 250 valence electrons. The van der Waals surface area contributed by atoms with Crippen LogP contribution in [0.15, 0.2) is 176 Å². The molecule has 1 aliphatic heterocycles. The van der Waals surface area contributed by atoms with Crippen LogP contribution in [-0.2, 0) is 0 Å². The Morgan fingerprint density at radius 1 is 0.302 bits per heavy atom. The largest absolute Gasteiger partial charge is 0.208 e. The molecule has 10 rings (SSSR count). The average Bonchev–Trinajstić information content (AvgIpc) is 3.44. The van der Waals surface area contributed by atoms with Gasteiger partial charge in [-0.1, -0.05) is 171 Å². The highest BCUT2D eigenvalue weighted by atomic mass is 28.3. The number of aromatic nitrogens is 3. The maximum atomic E-state index is 5.25. The van der Waals surface area contributed by atoms with E-state index in [-0.39, 0.29) is 0 Å². The molecule has 8 aromatic carbocycles. The van der Waals surface area contributed by atoms with Crippen LogP contribution in [0.4, 0.5) is 0 Å². The third-order valence-electron chi connectivity index (χ3n) is 10.9. The van der Waals surface area contributed by atoms with Gasteiger partial charge in [-0.15, -0.1) is 0 Å². The molecule has 9 aromatic rings. The predicted molar refractivity (Wildman–Crippen MR) is 224 cm³/mol. The van der Waals surface area contributed by atoms with E-state index in [0.29, 0.717) is 17.5 Å². The van der Waals surface area contributed by atoms with Gasteiger partial charge in [0.25, 0.3) is 0 Å². The monoisotopic (exact) mass is 693 g/mol. The van der Waals surface area contributed by atoms with E-state index < -0.39 is 8.07 Å². The molecule has 0 N–H and O–H groups in total. The molecular formula is C49H35N3Si. The zero-order valence-corrected chi connectivity index (χ0v) is 30.6. The fraction of sp³-hybridized carbons (Fsp3) is 0.0408. The summed E-state index contributed by atoms with van der Waals surface area (Å²) >= 11 is 0. The molecule has 3 nitrogen and oxygen atoms in total. The summed E-state index contributed by atoms with van der Waals surface area (Å²) in [5, 5.41) is 7.82. The van der Waals surface area contributed by atoms with Gasteiger partial charge in [-0.3, -0.25) is 0 Å². The Kier molecular flexibility index (Phi) is 7.27. The lowest BCUT2D eigenvalue weighted by atomic mass is 9.98. The summed E-state index contributed by atoms with van der Waals surface area (Å²) in [7, 11) is -2.00. The zero-order valence-electron chi connectivity index (χ0n) is 29.6. The second-order valence-corrected chi connectivity index (χ2v) is 18.8. The van der Waals surface area contributed by atoms with Gasteiger partial charge in [0.2, 0.25) is 0 Å². The van der Waals surface area contributed by atoms with Crippen LogP contribution >= 0.6 is 0 Å². The normalized spacial score (nSPS) is 12.9. The first-order chi connectivity index (χ1) is 26.0. The number of fused-ring (bicyclic) bond motifs is 5. The summed E-state index contributed by atoms with van der Waals surface area (Å²) in [5.74, 6) is 2.00. The molecule has 4 heteroatoms. The summed E-state index contributed by atoms with van der Waals surface area (Å²) in [6, 6.07) is 63.0. The van der Waals surface area contributed by atoms with Crippen LogP contribution in [0.5, 0.6) is 0 Å². The number of benzene rings is 8. The van der Waals surface area contributed by atoms with Gasteiger partial charge in [-0.05, 0) is 83.5 Å². The number of hydrogen-bond donors (Lipinski definition) is 0. The molecule has 0 aliphatic carbocycles. The molecule has 2 heterocycles. The Balaban J connectivity index is 1.14. The van der Waals surface area contributed by atoms with E-state index in [1.54, 1.807) is 0 Å². The molecule has 0 saturated carbocycles. The summed E-state index contributed by atoms with van der Waals surface area (Å²) in [6.45, 7) is 4.93. The van der Waals surface area contributed by atoms with Crippen LogP contribution in [0.2, 0.25) is 13.1 Å². The van der Waals surface area contributed by atoms with Gasteiger partial charge in [0.15, 0.2) is 17.5 Å². The highest BCUT2D eigenvalue weighted by Gasteiger charge is 2.38. The maximum Gasteiger partial charge on any atom is 0.164 e. The molecule has 1 aromatic heterocycles. The molecular weight excluding hydrogens is 659 g/mol. The predicted octanol–water partition coefficient (Wildman–Crippen LogP) is 11.3. The minimum Gasteiger partial charge on any atom is -0.208 e. The minimum absolute atomic E-state index is 0.661. The highest BCUT2D eigenvalue weighted by Crippen LogP contribution is 2.36. The van der Waals surface area contributed by atoms with Crippen molar-refractivity contribution >= 4 is 40.0 Å². The fourth-order valence-corrected chi connectivity index (χ4v) is 11.2. The average molecular weight is 694 g/mol. The van der Waals surface area contributed by atoms with E-state index in [4.69, 9.17) is 15.0 Å². The standard InChI is InChI=1S/C49H35N3Si/c1-53(2)45-31-40(25-26-42(45)44-29-34-17-9-10-18-35(34)30-46(44)53)48-50-47(51-49(52-48)43-20-12-11-19-41(43)33-15-7-4-8-16-33)39-24-23-37-27-36(21-22-38(37)28-39)32-13-5-3-6-14-32/h3-31H,1-2H3. The quantitative estimate of drug-likeness (QED) is 0.168. The van der Waals surface area contributed by atoms with Crippen molar-refractivity contribution in [3.8, 4) is 67.5 Å². The number of hydrogen-bond acceptors (Lipinski definition) is 3. The molecule has 0 atom stereocenters. The molecule has 0 saturated heterocycles. The molecule has 53 heavy (non-hydrogen) atoms. The summed E-state index contributed by atoms with van der Waals surface area (Å²) in [5.41, 5.74) is 10.3. The van der Waals surface area contributed by atoms with Gasteiger partial charge in [-0.25, -0.2) is 15.0 Å². The summed E-state index contributed by atoms with van der Waals surface area (Å²) in [4.78, 5) is 15.7. The van der Waals surface area contributed by atoms with Crippen molar-refractivity contribution in [2.45, 2.75) is 13.1 Å². The fourth-order valence-electron chi connectivity index (χ4n) is 8.06. The summed E-state index contributed by atoms with van der Waals surface area (Å²) in [6.07, 6.45) is 0. The van der Waals surface area contributed by atoms with Crippen molar-refractivity contribution in [3.05, 3.63) is 176 Å². The van der Waals surface area contributed by atoms with Gasteiger partial charge in [0.1, 0.15) is 8.07 Å². The second-order valence-electron chi connectivity index (χ2n) is 14.5. The van der Waals surface area contributed by atoms with Crippen LogP contribution in [0, 0.1) is 0 Å². The second kappa shape index (κ2) is 12.3. The summed E-state index contributed by atoms with van der Waals surface area (Å²) < 4.78 is 0. The molecule has 0 fully saturated rings. The van der Waals surface area contributed by atoms with E-state index >= 15 is 0 Å². The SMILES string of the molecule is C[Si]1(C)c2cc(-c3nc(-c4ccc5cc(-c6ccccc6)ccc5c4)nc(-c4ccccc4-c4ccccc4)n3)ccc2-c2cc3ccccc3cc21. The molecule has 0 spiro atoms. The van der Waals surface area contributed by atoms with Gasteiger partial charge < -0.3 is 0 Å². The Labute approximate surface area is 310 Å². The van der Waals surface area contributed by atoms with E-state index in [9.17, 15) is 0 Å². The van der Waals surface area contributed by atoms with Gasteiger partial charge in [0.05, 0.1) is 0 Å². The lowest BCUT2D eigenvalue weighted by Crippen LogP contribution is -2.49. The first-order valence-corrected chi connectivity index (χ1v) is 21.2. The Morgan fingerprint density at radius 3 is 1.51 bits per heavy atom. The van der Waals surface area contributed by atoms with Gasteiger partial charge in [0, 0.05) is 16.7 Å². The topological polar surface area (TPSA) is 38.7 Å². The number of rotatable bonds is 5. The number of nitrogens with zero attached hydrogens (tertiary/aromatic N) is 3. The molecule has 0 amide bonds.